The van der Waals surface area contributed by atoms with Crippen molar-refractivity contribution < 1.29 is 0 Å². The molecule has 1 unspecified atom stereocenters. The third kappa shape index (κ3) is 2.43. The average molecular weight is 335 g/mol. The van der Waals surface area contributed by atoms with E-state index in [1.165, 1.54) is 12.8 Å². The van der Waals surface area contributed by atoms with Crippen LogP contribution >= 0.6 is 11.6 Å². The van der Waals surface area contributed by atoms with E-state index < -0.39 is 0 Å². The molecule has 0 aromatic carbocycles. The molecule has 7 nitrogen and oxygen atoms in total. The third-order valence-electron chi connectivity index (χ3n) is 4.97. The zero-order valence-corrected chi connectivity index (χ0v) is 13.8. The van der Waals surface area contributed by atoms with Crippen molar-refractivity contribution in [3.63, 3.8) is 0 Å². The molecule has 0 radical (unpaired) electrons. The fraction of sp³-hybridized carbons (Fsp3) is 0.600. The molecule has 2 aromatic rings. The van der Waals surface area contributed by atoms with Gasteiger partial charge < -0.3 is 9.47 Å². The second-order valence-electron chi connectivity index (χ2n) is 6.69. The van der Waals surface area contributed by atoms with Crippen LogP contribution in [0.25, 0.3) is 0 Å². The highest BCUT2D eigenvalue weighted by Gasteiger charge is 2.41. The van der Waals surface area contributed by atoms with Gasteiger partial charge in [0, 0.05) is 37.5 Å². The van der Waals surface area contributed by atoms with Gasteiger partial charge in [-0.05, 0) is 19.3 Å². The van der Waals surface area contributed by atoms with Crippen molar-refractivity contribution in [2.24, 2.45) is 0 Å². The van der Waals surface area contributed by atoms with Gasteiger partial charge in [-0.2, -0.15) is 5.10 Å². The maximum absolute atomic E-state index is 12.0. The Balaban J connectivity index is 1.65. The molecule has 1 saturated heterocycles. The van der Waals surface area contributed by atoms with E-state index in [2.05, 4.69) is 36.8 Å². The minimum Gasteiger partial charge on any atom is -0.366 e. The monoisotopic (exact) mass is 334 g/mol. The SMILES string of the molecule is CC1(c2nnc3n2CCCC3)CCN(c2cc(Cl)n[nH]c2=O)C1. The Hall–Kier alpha value is -1.89. The molecule has 2 aliphatic rings. The Morgan fingerprint density at radius 2 is 2.17 bits per heavy atom. The van der Waals surface area contributed by atoms with Crippen LogP contribution in [0.2, 0.25) is 5.15 Å². The van der Waals surface area contributed by atoms with Crippen molar-refractivity contribution >= 4 is 17.3 Å². The number of anilines is 1. The zero-order chi connectivity index (χ0) is 16.0. The van der Waals surface area contributed by atoms with Gasteiger partial charge in [-0.1, -0.05) is 18.5 Å². The van der Waals surface area contributed by atoms with Crippen molar-refractivity contribution in [3.05, 3.63) is 33.2 Å². The molecule has 1 fully saturated rings. The van der Waals surface area contributed by atoms with Gasteiger partial charge in [0.1, 0.15) is 17.3 Å². The largest absolute Gasteiger partial charge is 0.366 e. The number of hydrogen-bond acceptors (Lipinski definition) is 5. The summed E-state index contributed by atoms with van der Waals surface area (Å²) in [7, 11) is 0. The number of hydrogen-bond donors (Lipinski definition) is 1. The zero-order valence-electron chi connectivity index (χ0n) is 13.0. The summed E-state index contributed by atoms with van der Waals surface area (Å²) in [6, 6.07) is 1.63. The normalized spacial score (nSPS) is 24.0. The Bertz CT molecular complexity index is 800. The van der Waals surface area contributed by atoms with Crippen molar-refractivity contribution in [3.8, 4) is 0 Å². The maximum atomic E-state index is 12.0. The van der Waals surface area contributed by atoms with Crippen LogP contribution in [0.4, 0.5) is 5.69 Å². The number of fused-ring (bicyclic) bond motifs is 1. The van der Waals surface area contributed by atoms with E-state index in [0.717, 1.165) is 44.1 Å². The Morgan fingerprint density at radius 3 is 3.04 bits per heavy atom. The van der Waals surface area contributed by atoms with Gasteiger partial charge in [0.2, 0.25) is 0 Å². The minimum atomic E-state index is -0.207. The van der Waals surface area contributed by atoms with Crippen LogP contribution in [0.15, 0.2) is 10.9 Å². The molecule has 1 atom stereocenters. The van der Waals surface area contributed by atoms with E-state index in [0.29, 0.717) is 10.8 Å². The summed E-state index contributed by atoms with van der Waals surface area (Å²) < 4.78 is 2.27. The van der Waals surface area contributed by atoms with E-state index in [-0.39, 0.29) is 11.0 Å². The number of H-pyrrole nitrogens is 1. The summed E-state index contributed by atoms with van der Waals surface area (Å²) in [5.41, 5.74) is 0.263. The highest BCUT2D eigenvalue weighted by atomic mass is 35.5. The highest BCUT2D eigenvalue weighted by Crippen LogP contribution is 2.36. The van der Waals surface area contributed by atoms with Crippen LogP contribution < -0.4 is 10.5 Å². The molecule has 8 heteroatoms. The molecule has 0 spiro atoms. The van der Waals surface area contributed by atoms with Gasteiger partial charge in [-0.3, -0.25) is 4.79 Å². The van der Waals surface area contributed by atoms with Crippen LogP contribution in [0.3, 0.4) is 0 Å². The van der Waals surface area contributed by atoms with Crippen molar-refractivity contribution in [2.75, 3.05) is 18.0 Å². The van der Waals surface area contributed by atoms with Gasteiger partial charge >= 0.3 is 0 Å². The molecule has 0 amide bonds. The molecule has 0 bridgehead atoms. The summed E-state index contributed by atoms with van der Waals surface area (Å²) in [6.07, 6.45) is 4.31. The average Bonchev–Trinajstić information content (AvgIpc) is 3.14. The second-order valence-corrected chi connectivity index (χ2v) is 7.07. The molecule has 4 rings (SSSR count). The molecule has 0 saturated carbocycles. The summed E-state index contributed by atoms with van der Waals surface area (Å²) >= 11 is 5.93. The number of rotatable bonds is 2. The Labute approximate surface area is 138 Å². The number of nitrogens with zero attached hydrogens (tertiary/aromatic N) is 5. The van der Waals surface area contributed by atoms with Crippen LogP contribution in [-0.2, 0) is 18.4 Å². The number of aryl methyl sites for hydroxylation is 1. The van der Waals surface area contributed by atoms with E-state index in [4.69, 9.17) is 11.6 Å². The lowest BCUT2D eigenvalue weighted by Crippen LogP contribution is -2.34. The third-order valence-corrected chi connectivity index (χ3v) is 5.16. The molecule has 23 heavy (non-hydrogen) atoms. The first-order valence-electron chi connectivity index (χ1n) is 8.00. The molecule has 1 N–H and O–H groups in total. The first-order valence-corrected chi connectivity index (χ1v) is 8.37. The van der Waals surface area contributed by atoms with Crippen molar-refractivity contribution in [2.45, 2.75) is 44.6 Å². The van der Waals surface area contributed by atoms with E-state index in [1.807, 2.05) is 0 Å². The van der Waals surface area contributed by atoms with Crippen molar-refractivity contribution in [1.82, 2.24) is 25.0 Å². The lowest BCUT2D eigenvalue weighted by Gasteiger charge is -2.26. The maximum Gasteiger partial charge on any atom is 0.287 e. The van der Waals surface area contributed by atoms with Crippen LogP contribution in [0.5, 0.6) is 0 Å². The van der Waals surface area contributed by atoms with E-state index in [9.17, 15) is 4.79 Å². The molecule has 4 heterocycles. The lowest BCUT2D eigenvalue weighted by molar-refractivity contribution is 0.430. The second kappa shape index (κ2) is 5.33. The van der Waals surface area contributed by atoms with E-state index in [1.54, 1.807) is 6.07 Å². The molecular formula is C15H19ClN6O. The van der Waals surface area contributed by atoms with Gasteiger partial charge in [0.25, 0.3) is 5.56 Å². The molecule has 2 aliphatic heterocycles. The summed E-state index contributed by atoms with van der Waals surface area (Å²) in [6.45, 7) is 4.72. The van der Waals surface area contributed by atoms with Crippen LogP contribution in [-0.4, -0.2) is 38.1 Å². The Morgan fingerprint density at radius 1 is 1.30 bits per heavy atom. The van der Waals surface area contributed by atoms with Gasteiger partial charge in [-0.15, -0.1) is 10.2 Å². The first-order chi connectivity index (χ1) is 11.1. The summed E-state index contributed by atoms with van der Waals surface area (Å²) in [5.74, 6) is 2.14. The van der Waals surface area contributed by atoms with Gasteiger partial charge in [0.15, 0.2) is 5.15 Å². The molecule has 2 aromatic heterocycles. The van der Waals surface area contributed by atoms with Crippen molar-refractivity contribution in [1.29, 1.82) is 0 Å². The van der Waals surface area contributed by atoms with Gasteiger partial charge in [-0.25, -0.2) is 5.10 Å². The predicted octanol–water partition coefficient (Wildman–Crippen LogP) is 1.52. The van der Waals surface area contributed by atoms with Crippen LogP contribution in [0.1, 0.15) is 37.8 Å². The minimum absolute atomic E-state index is 0.106. The number of halogens is 1. The first kappa shape index (κ1) is 14.7. The Kier molecular flexibility index (Phi) is 3.41. The lowest BCUT2D eigenvalue weighted by atomic mass is 9.88. The number of aromatic amines is 1. The summed E-state index contributed by atoms with van der Waals surface area (Å²) in [4.78, 5) is 14.1. The smallest absolute Gasteiger partial charge is 0.287 e. The quantitative estimate of drug-likeness (QED) is 0.900. The summed E-state index contributed by atoms with van der Waals surface area (Å²) in [5, 5.41) is 15.3. The van der Waals surface area contributed by atoms with E-state index >= 15 is 0 Å². The molecule has 122 valence electrons. The predicted molar refractivity (Wildman–Crippen MR) is 87.0 cm³/mol. The topological polar surface area (TPSA) is 79.7 Å². The fourth-order valence-electron chi connectivity index (χ4n) is 3.71. The highest BCUT2D eigenvalue weighted by molar-refractivity contribution is 6.29. The number of nitrogens with one attached hydrogen (secondary N) is 1. The molecular weight excluding hydrogens is 316 g/mol. The van der Waals surface area contributed by atoms with Crippen LogP contribution in [0, 0.1) is 0 Å². The fourth-order valence-corrected chi connectivity index (χ4v) is 3.86. The standard InChI is InChI=1S/C15H19ClN6O/c1-15(14-20-18-12-4-2-3-6-22(12)14)5-7-21(9-15)10-8-11(16)17-19-13(10)23/h8H,2-7,9H2,1H3,(H,19,23). The van der Waals surface area contributed by atoms with Gasteiger partial charge in [0.05, 0.1) is 0 Å². The number of aromatic nitrogens is 5. The molecule has 0 aliphatic carbocycles.